The summed E-state index contributed by atoms with van der Waals surface area (Å²) in [5.41, 5.74) is 6.02. The molecule has 48 heavy (non-hydrogen) atoms. The average molecular weight is 692 g/mol. The molecule has 6 heterocycles. The number of sulfonamides is 1. The van der Waals surface area contributed by atoms with E-state index in [9.17, 15) is 13.2 Å². The Morgan fingerprint density at radius 1 is 1.00 bits per heavy atom. The molecule has 0 radical (unpaired) electrons. The average Bonchev–Trinajstić information content (AvgIpc) is 3.86. The molecule has 0 spiro atoms. The van der Waals surface area contributed by atoms with Crippen LogP contribution in [0.4, 0.5) is 0 Å². The lowest BCUT2D eigenvalue weighted by Crippen LogP contribution is -2.45. The van der Waals surface area contributed by atoms with Crippen LogP contribution >= 0.6 is 11.3 Å². The molecule has 2 bridgehead atoms. The second-order valence-corrected chi connectivity index (χ2v) is 17.8. The Morgan fingerprint density at radius 3 is 2.25 bits per heavy atom. The van der Waals surface area contributed by atoms with E-state index in [-0.39, 0.29) is 16.7 Å². The molecule has 7 rings (SSSR count). The number of carbonyl (C=O) groups excluding carboxylic acids is 1. The van der Waals surface area contributed by atoms with Gasteiger partial charge in [0.05, 0.1) is 11.1 Å². The van der Waals surface area contributed by atoms with Gasteiger partial charge in [-0.25, -0.2) is 13.1 Å². The minimum absolute atomic E-state index is 0.157. The van der Waals surface area contributed by atoms with E-state index in [2.05, 4.69) is 76.6 Å². The number of H-pyrrole nitrogens is 1. The molecule has 1 aromatic carbocycles. The highest BCUT2D eigenvalue weighted by Gasteiger charge is 2.47. The Hall–Kier alpha value is -2.99. The van der Waals surface area contributed by atoms with Crippen LogP contribution in [0.15, 0.2) is 33.7 Å². The van der Waals surface area contributed by atoms with Gasteiger partial charge in [-0.2, -0.15) is 0 Å². The standard InChI is InChI=1S/C37H49N5O4S2/c1-22-17-23(2)19-27(18-22)33-30(13-16-41-14-11-26(12-15-41)21-38-48(44,45)34-24(3)40-46-25(34)4)31-20-32(47-35(31)39-33)37(5,6)36(43)42-28-7-8-29(42)10-9-28/h17-20,26,28-29,38-39H,7-16,21H2,1-6H3. The van der Waals surface area contributed by atoms with Crippen molar-refractivity contribution in [3.8, 4) is 11.3 Å². The van der Waals surface area contributed by atoms with E-state index in [1.54, 1.807) is 25.2 Å². The van der Waals surface area contributed by atoms with Crippen molar-refractivity contribution < 1.29 is 17.7 Å². The van der Waals surface area contributed by atoms with Crippen molar-refractivity contribution in [2.24, 2.45) is 5.92 Å². The second-order valence-electron chi connectivity index (χ2n) is 15.0. The van der Waals surface area contributed by atoms with Gasteiger partial charge in [-0.1, -0.05) is 22.3 Å². The van der Waals surface area contributed by atoms with Crippen molar-refractivity contribution in [2.45, 2.75) is 109 Å². The molecule has 3 fully saturated rings. The molecule has 2 N–H and O–H groups in total. The summed E-state index contributed by atoms with van der Waals surface area (Å²) in [4.78, 5) is 25.0. The lowest BCUT2D eigenvalue weighted by Gasteiger charge is -2.32. The summed E-state index contributed by atoms with van der Waals surface area (Å²) >= 11 is 1.74. The monoisotopic (exact) mass is 691 g/mol. The maximum Gasteiger partial charge on any atom is 0.245 e. The summed E-state index contributed by atoms with van der Waals surface area (Å²) in [6, 6.07) is 9.88. The minimum atomic E-state index is -3.66. The SMILES string of the molecule is Cc1cc(C)cc(-c2[nH]c3sc(C(C)(C)C(=O)N4C5CCC4CC5)cc3c2CCN2CCC(CNS(=O)(=O)c3c(C)noc3C)CC2)c1. The Balaban J connectivity index is 1.07. The molecule has 9 nitrogen and oxygen atoms in total. The molecule has 0 unspecified atom stereocenters. The van der Waals surface area contributed by atoms with Crippen LogP contribution in [0.1, 0.15) is 85.4 Å². The summed E-state index contributed by atoms with van der Waals surface area (Å²) in [5, 5.41) is 5.04. The van der Waals surface area contributed by atoms with Crippen molar-refractivity contribution in [3.63, 3.8) is 0 Å². The van der Waals surface area contributed by atoms with Gasteiger partial charge in [0.2, 0.25) is 15.9 Å². The molecule has 0 aliphatic carbocycles. The number of carbonyl (C=O) groups is 1. The molecule has 3 aliphatic heterocycles. The number of hydrogen-bond acceptors (Lipinski definition) is 7. The topological polar surface area (TPSA) is 112 Å². The van der Waals surface area contributed by atoms with Crippen LogP contribution in [0.5, 0.6) is 0 Å². The number of thiophene rings is 1. The lowest BCUT2D eigenvalue weighted by molar-refractivity contribution is -0.137. The van der Waals surface area contributed by atoms with Gasteiger partial charge in [0.25, 0.3) is 0 Å². The number of aromatic nitrogens is 2. The molecular formula is C37H49N5O4S2. The smallest absolute Gasteiger partial charge is 0.245 e. The minimum Gasteiger partial charge on any atom is -0.360 e. The van der Waals surface area contributed by atoms with E-state index >= 15 is 0 Å². The molecule has 1 amide bonds. The fourth-order valence-corrected chi connectivity index (χ4v) is 11.1. The van der Waals surface area contributed by atoms with Crippen molar-refractivity contribution in [1.82, 2.24) is 24.7 Å². The van der Waals surface area contributed by atoms with Gasteiger partial charge in [0.1, 0.15) is 15.4 Å². The predicted molar refractivity (Wildman–Crippen MR) is 191 cm³/mol. The zero-order valence-electron chi connectivity index (χ0n) is 29.1. The molecule has 3 aromatic heterocycles. The predicted octanol–water partition coefficient (Wildman–Crippen LogP) is 6.78. The Morgan fingerprint density at radius 2 is 1.65 bits per heavy atom. The Bertz CT molecular complexity index is 1890. The first kappa shape index (κ1) is 33.5. The van der Waals surface area contributed by atoms with Crippen molar-refractivity contribution in [2.75, 3.05) is 26.2 Å². The molecular weight excluding hydrogens is 643 g/mol. The number of benzene rings is 1. The van der Waals surface area contributed by atoms with E-state index in [0.29, 0.717) is 30.1 Å². The molecule has 4 aromatic rings. The summed E-state index contributed by atoms with van der Waals surface area (Å²) in [6.07, 6.45) is 7.37. The molecule has 3 aliphatic rings. The second kappa shape index (κ2) is 12.7. The number of aromatic amines is 1. The number of piperidine rings is 1. The highest BCUT2D eigenvalue weighted by atomic mass is 32.2. The highest BCUT2D eigenvalue weighted by molar-refractivity contribution is 7.89. The summed E-state index contributed by atoms with van der Waals surface area (Å²) < 4.78 is 33.8. The largest absolute Gasteiger partial charge is 0.360 e. The third kappa shape index (κ3) is 6.16. The highest BCUT2D eigenvalue weighted by Crippen LogP contribution is 2.44. The first-order valence-electron chi connectivity index (χ1n) is 17.5. The van der Waals surface area contributed by atoms with E-state index in [0.717, 1.165) is 74.3 Å². The summed E-state index contributed by atoms with van der Waals surface area (Å²) in [7, 11) is -3.66. The van der Waals surface area contributed by atoms with E-state index in [1.807, 2.05) is 0 Å². The van der Waals surface area contributed by atoms with Gasteiger partial charge in [0, 0.05) is 35.4 Å². The number of fused-ring (bicyclic) bond motifs is 3. The van der Waals surface area contributed by atoms with Crippen LogP contribution in [-0.2, 0) is 26.7 Å². The molecule has 258 valence electrons. The van der Waals surface area contributed by atoms with Crippen LogP contribution in [0.25, 0.3) is 21.5 Å². The Kier molecular flexibility index (Phi) is 8.88. The number of hydrogen-bond donors (Lipinski definition) is 2. The summed E-state index contributed by atoms with van der Waals surface area (Å²) in [6.45, 7) is 15.0. The van der Waals surface area contributed by atoms with Crippen LogP contribution in [0.2, 0.25) is 0 Å². The van der Waals surface area contributed by atoms with Crippen LogP contribution < -0.4 is 4.72 Å². The number of amides is 1. The van der Waals surface area contributed by atoms with Gasteiger partial charge in [0.15, 0.2) is 5.76 Å². The maximum atomic E-state index is 14.0. The maximum absolute atomic E-state index is 14.0. The molecule has 0 saturated carbocycles. The number of nitrogens with one attached hydrogen (secondary N) is 2. The first-order chi connectivity index (χ1) is 22.8. The van der Waals surface area contributed by atoms with Crippen molar-refractivity contribution in [1.29, 1.82) is 0 Å². The molecule has 11 heteroatoms. The zero-order valence-corrected chi connectivity index (χ0v) is 30.7. The molecule has 3 saturated heterocycles. The number of aryl methyl sites for hydroxylation is 4. The van der Waals surface area contributed by atoms with Gasteiger partial charge in [-0.3, -0.25) is 4.79 Å². The quantitative estimate of drug-likeness (QED) is 0.190. The van der Waals surface area contributed by atoms with Crippen molar-refractivity contribution >= 4 is 37.5 Å². The fourth-order valence-electron chi connectivity index (χ4n) is 8.48. The van der Waals surface area contributed by atoms with Crippen LogP contribution in [-0.4, -0.2) is 72.5 Å². The number of likely N-dealkylation sites (tertiary alicyclic amines) is 1. The van der Waals surface area contributed by atoms with Gasteiger partial charge in [-0.15, -0.1) is 11.3 Å². The zero-order chi connectivity index (χ0) is 34.0. The lowest BCUT2D eigenvalue weighted by atomic mass is 9.88. The van der Waals surface area contributed by atoms with E-state index < -0.39 is 15.4 Å². The third-order valence-electron chi connectivity index (χ3n) is 11.1. The van der Waals surface area contributed by atoms with Crippen LogP contribution in [0, 0.1) is 33.6 Å². The first-order valence-corrected chi connectivity index (χ1v) is 19.8. The van der Waals surface area contributed by atoms with E-state index in [1.165, 1.54) is 33.3 Å². The third-order valence-corrected chi connectivity index (χ3v) is 14.2. The van der Waals surface area contributed by atoms with Gasteiger partial charge < -0.3 is 19.3 Å². The van der Waals surface area contributed by atoms with Gasteiger partial charge >= 0.3 is 0 Å². The normalized spacial score (nSPS) is 20.8. The van der Waals surface area contributed by atoms with Crippen molar-refractivity contribution in [3.05, 3.63) is 57.3 Å². The van der Waals surface area contributed by atoms with Gasteiger partial charge in [-0.05, 0) is 135 Å². The number of rotatable bonds is 10. The molecule has 0 atom stereocenters. The summed E-state index contributed by atoms with van der Waals surface area (Å²) in [5.74, 6) is 0.885. The fraction of sp³-hybridized carbons (Fsp3) is 0.568. The Labute approximate surface area is 288 Å². The number of nitrogens with zero attached hydrogens (tertiary/aromatic N) is 3. The van der Waals surface area contributed by atoms with Crippen LogP contribution in [0.3, 0.4) is 0 Å². The van der Waals surface area contributed by atoms with E-state index in [4.69, 9.17) is 4.52 Å².